The van der Waals surface area contributed by atoms with Crippen LogP contribution in [0.2, 0.25) is 0 Å². The number of carbonyl (C=O) groups excluding carboxylic acids is 1. The van der Waals surface area contributed by atoms with E-state index in [4.69, 9.17) is 5.11 Å². The molecule has 21 heavy (non-hydrogen) atoms. The van der Waals surface area contributed by atoms with E-state index in [2.05, 4.69) is 26.3 Å². The number of nitrogens with one attached hydrogen (secondary N) is 1. The fourth-order valence-corrected chi connectivity index (χ4v) is 2.45. The average molecular weight is 352 g/mol. The van der Waals surface area contributed by atoms with Crippen LogP contribution < -0.4 is 5.32 Å². The van der Waals surface area contributed by atoms with Crippen LogP contribution in [0.25, 0.3) is 0 Å². The third-order valence-corrected chi connectivity index (χ3v) is 3.28. The molecule has 1 aromatic carbocycles. The summed E-state index contributed by atoms with van der Waals surface area (Å²) in [6.45, 7) is 3.80. The number of aromatic nitrogens is 2. The molecule has 0 bridgehead atoms. The molecule has 2 N–H and O–H groups in total. The molecule has 0 spiro atoms. The largest absolute Gasteiger partial charge is 0.478 e. The van der Waals surface area contributed by atoms with Gasteiger partial charge in [0.15, 0.2) is 0 Å². The zero-order valence-corrected chi connectivity index (χ0v) is 13.1. The molecular weight excluding hydrogens is 338 g/mol. The van der Waals surface area contributed by atoms with E-state index in [-0.39, 0.29) is 18.0 Å². The van der Waals surface area contributed by atoms with Gasteiger partial charge >= 0.3 is 5.97 Å². The number of nitrogens with zero attached hydrogens (tertiary/aromatic N) is 2. The Kier molecular flexibility index (Phi) is 4.42. The lowest BCUT2D eigenvalue weighted by atomic mass is 10.2. The predicted molar refractivity (Wildman–Crippen MR) is 81.4 cm³/mol. The van der Waals surface area contributed by atoms with Crippen molar-refractivity contribution >= 4 is 33.5 Å². The summed E-state index contributed by atoms with van der Waals surface area (Å²) in [5.41, 5.74) is 2.26. The van der Waals surface area contributed by atoms with Crippen molar-refractivity contribution in [2.45, 2.75) is 20.4 Å². The number of anilines is 1. The SMILES string of the molecule is Cc1cc(C)n(CC(=O)Nc2cc(Br)cc(C(=O)O)c2)n1. The fourth-order valence-electron chi connectivity index (χ4n) is 1.96. The zero-order valence-electron chi connectivity index (χ0n) is 11.6. The average Bonchev–Trinajstić information content (AvgIpc) is 2.66. The van der Waals surface area contributed by atoms with Gasteiger partial charge in [-0.15, -0.1) is 0 Å². The normalized spacial score (nSPS) is 10.4. The fraction of sp³-hybridized carbons (Fsp3) is 0.214. The summed E-state index contributed by atoms with van der Waals surface area (Å²) in [6, 6.07) is 6.41. The first-order chi connectivity index (χ1) is 9.85. The Bertz CT molecular complexity index is 709. The van der Waals surface area contributed by atoms with Gasteiger partial charge in [0, 0.05) is 15.9 Å². The van der Waals surface area contributed by atoms with E-state index in [1.807, 2.05) is 19.9 Å². The second-order valence-corrected chi connectivity index (χ2v) is 5.58. The Balaban J connectivity index is 2.12. The molecule has 1 amide bonds. The number of hydrogen-bond acceptors (Lipinski definition) is 3. The van der Waals surface area contributed by atoms with Crippen molar-refractivity contribution in [1.82, 2.24) is 9.78 Å². The quantitative estimate of drug-likeness (QED) is 0.886. The molecule has 0 radical (unpaired) electrons. The monoisotopic (exact) mass is 351 g/mol. The number of carboxylic acid groups (broad SMARTS) is 1. The van der Waals surface area contributed by atoms with Gasteiger partial charge in [-0.3, -0.25) is 9.48 Å². The van der Waals surface area contributed by atoms with Crippen molar-refractivity contribution in [3.63, 3.8) is 0 Å². The van der Waals surface area contributed by atoms with E-state index < -0.39 is 5.97 Å². The maximum Gasteiger partial charge on any atom is 0.335 e. The Morgan fingerprint density at radius 1 is 1.29 bits per heavy atom. The minimum Gasteiger partial charge on any atom is -0.478 e. The predicted octanol–water partition coefficient (Wildman–Crippen LogP) is 2.60. The van der Waals surface area contributed by atoms with E-state index in [9.17, 15) is 9.59 Å². The van der Waals surface area contributed by atoms with Crippen LogP contribution in [0.5, 0.6) is 0 Å². The van der Waals surface area contributed by atoms with Gasteiger partial charge in [-0.2, -0.15) is 5.10 Å². The molecule has 7 heteroatoms. The number of aryl methyl sites for hydroxylation is 2. The Labute approximate surface area is 129 Å². The number of rotatable bonds is 4. The van der Waals surface area contributed by atoms with Crippen LogP contribution in [-0.2, 0) is 11.3 Å². The highest BCUT2D eigenvalue weighted by Crippen LogP contribution is 2.20. The Morgan fingerprint density at radius 2 is 2.00 bits per heavy atom. The number of amides is 1. The molecule has 1 aromatic heterocycles. The molecule has 110 valence electrons. The molecule has 2 aromatic rings. The number of aromatic carboxylic acids is 1. The van der Waals surface area contributed by atoms with Gasteiger partial charge in [-0.25, -0.2) is 4.79 Å². The van der Waals surface area contributed by atoms with E-state index in [1.54, 1.807) is 10.7 Å². The van der Waals surface area contributed by atoms with Crippen molar-refractivity contribution in [2.75, 3.05) is 5.32 Å². The molecule has 1 heterocycles. The topological polar surface area (TPSA) is 84.2 Å². The molecule has 0 saturated heterocycles. The number of carboxylic acids is 1. The van der Waals surface area contributed by atoms with Gasteiger partial charge in [0.05, 0.1) is 11.3 Å². The molecule has 0 aliphatic carbocycles. The van der Waals surface area contributed by atoms with Crippen LogP contribution in [0.1, 0.15) is 21.7 Å². The highest BCUT2D eigenvalue weighted by atomic mass is 79.9. The molecule has 0 atom stereocenters. The van der Waals surface area contributed by atoms with Crippen molar-refractivity contribution in [1.29, 1.82) is 0 Å². The van der Waals surface area contributed by atoms with Crippen LogP contribution >= 0.6 is 15.9 Å². The minimum atomic E-state index is -1.05. The van der Waals surface area contributed by atoms with E-state index in [1.165, 1.54) is 12.1 Å². The van der Waals surface area contributed by atoms with Crippen molar-refractivity contribution in [3.8, 4) is 0 Å². The molecule has 0 aliphatic rings. The van der Waals surface area contributed by atoms with Crippen molar-refractivity contribution in [2.24, 2.45) is 0 Å². The first-order valence-corrected chi connectivity index (χ1v) is 6.99. The van der Waals surface area contributed by atoms with Gasteiger partial charge in [-0.05, 0) is 38.1 Å². The summed E-state index contributed by atoms with van der Waals surface area (Å²) in [5, 5.41) is 15.9. The smallest absolute Gasteiger partial charge is 0.335 e. The standard InChI is InChI=1S/C14H14BrN3O3/c1-8-3-9(2)18(17-8)7-13(19)16-12-5-10(14(20)21)4-11(15)6-12/h3-6H,7H2,1-2H3,(H,16,19)(H,20,21). The summed E-state index contributed by atoms with van der Waals surface area (Å²) in [7, 11) is 0. The lowest BCUT2D eigenvalue weighted by Crippen LogP contribution is -2.20. The lowest BCUT2D eigenvalue weighted by Gasteiger charge is -2.08. The van der Waals surface area contributed by atoms with Crippen LogP contribution in [-0.4, -0.2) is 26.8 Å². The zero-order chi connectivity index (χ0) is 15.6. The summed E-state index contributed by atoms with van der Waals surface area (Å²) in [6.07, 6.45) is 0. The number of halogens is 1. The van der Waals surface area contributed by atoms with Crippen molar-refractivity contribution in [3.05, 3.63) is 45.7 Å². The third-order valence-electron chi connectivity index (χ3n) is 2.83. The lowest BCUT2D eigenvalue weighted by molar-refractivity contribution is -0.116. The summed E-state index contributed by atoms with van der Waals surface area (Å²) in [4.78, 5) is 23.0. The maximum atomic E-state index is 12.0. The van der Waals surface area contributed by atoms with E-state index >= 15 is 0 Å². The van der Waals surface area contributed by atoms with Crippen LogP contribution in [0.4, 0.5) is 5.69 Å². The molecule has 0 saturated carbocycles. The highest BCUT2D eigenvalue weighted by molar-refractivity contribution is 9.10. The summed E-state index contributed by atoms with van der Waals surface area (Å²) < 4.78 is 2.18. The summed E-state index contributed by atoms with van der Waals surface area (Å²) >= 11 is 3.22. The molecule has 2 rings (SSSR count). The van der Waals surface area contributed by atoms with Gasteiger partial charge in [-0.1, -0.05) is 15.9 Å². The molecule has 0 fully saturated rings. The Morgan fingerprint density at radius 3 is 2.57 bits per heavy atom. The molecule has 0 aliphatic heterocycles. The van der Waals surface area contributed by atoms with Gasteiger partial charge in [0.2, 0.25) is 5.91 Å². The summed E-state index contributed by atoms with van der Waals surface area (Å²) in [5.74, 6) is -1.32. The Hall–Kier alpha value is -2.15. The van der Waals surface area contributed by atoms with Crippen LogP contribution in [0, 0.1) is 13.8 Å². The van der Waals surface area contributed by atoms with Crippen molar-refractivity contribution < 1.29 is 14.7 Å². The van der Waals surface area contributed by atoms with Crippen LogP contribution in [0.15, 0.2) is 28.7 Å². The maximum absolute atomic E-state index is 12.0. The molecule has 6 nitrogen and oxygen atoms in total. The molecule has 0 unspecified atom stereocenters. The third kappa shape index (κ3) is 3.91. The molecular formula is C14H14BrN3O3. The first kappa shape index (κ1) is 15.2. The number of benzene rings is 1. The first-order valence-electron chi connectivity index (χ1n) is 6.20. The minimum absolute atomic E-state index is 0.0780. The highest BCUT2D eigenvalue weighted by Gasteiger charge is 2.10. The van der Waals surface area contributed by atoms with Gasteiger partial charge < -0.3 is 10.4 Å². The second-order valence-electron chi connectivity index (χ2n) is 4.67. The number of hydrogen-bond donors (Lipinski definition) is 2. The van der Waals surface area contributed by atoms with E-state index in [0.717, 1.165) is 11.4 Å². The number of carbonyl (C=O) groups is 2. The second kappa shape index (κ2) is 6.09. The van der Waals surface area contributed by atoms with Gasteiger partial charge in [0.1, 0.15) is 6.54 Å². The van der Waals surface area contributed by atoms with E-state index in [0.29, 0.717) is 10.2 Å². The van der Waals surface area contributed by atoms with Crippen LogP contribution in [0.3, 0.4) is 0 Å². The van der Waals surface area contributed by atoms with Gasteiger partial charge in [0.25, 0.3) is 0 Å².